The number of carbonyl (C=O) groups is 1. The van der Waals surface area contributed by atoms with Crippen LogP contribution in [0.25, 0.3) is 21.3 Å². The standard InChI is InChI=1S/C22H18ClN3O2S2/c23-19-16-3-1-2-4-18(16)30-20(19)21(27)24-15-7-5-14(6-8-15)17-13-29-22(25-17)26-9-11-28-12-10-26/h1-8,13H,9-12H2,(H,24,27). The lowest BCUT2D eigenvalue weighted by molar-refractivity contribution is 0.103. The summed E-state index contributed by atoms with van der Waals surface area (Å²) in [5.41, 5.74) is 2.68. The van der Waals surface area contributed by atoms with Crippen LogP contribution in [0.4, 0.5) is 10.8 Å². The quantitative estimate of drug-likeness (QED) is 0.424. The average Bonchev–Trinajstić information content (AvgIpc) is 3.41. The fourth-order valence-corrected chi connectivity index (χ4v) is 5.67. The highest BCUT2D eigenvalue weighted by Crippen LogP contribution is 2.35. The Kier molecular flexibility index (Phi) is 5.43. The molecule has 0 aliphatic carbocycles. The van der Waals surface area contributed by atoms with Crippen molar-refractivity contribution in [2.24, 2.45) is 0 Å². The Morgan fingerprint density at radius 1 is 1.10 bits per heavy atom. The lowest BCUT2D eigenvalue weighted by atomic mass is 10.1. The van der Waals surface area contributed by atoms with Crippen molar-refractivity contribution in [1.82, 2.24) is 4.98 Å². The van der Waals surface area contributed by atoms with E-state index in [4.69, 9.17) is 21.3 Å². The van der Waals surface area contributed by atoms with E-state index in [0.29, 0.717) is 9.90 Å². The van der Waals surface area contributed by atoms with Gasteiger partial charge in [-0.15, -0.1) is 22.7 Å². The summed E-state index contributed by atoms with van der Waals surface area (Å²) in [7, 11) is 0. The number of aromatic nitrogens is 1. The molecule has 5 rings (SSSR count). The molecule has 0 unspecified atom stereocenters. The van der Waals surface area contributed by atoms with Crippen LogP contribution in [0.15, 0.2) is 53.9 Å². The van der Waals surface area contributed by atoms with Gasteiger partial charge in [0, 0.05) is 39.8 Å². The fourth-order valence-electron chi connectivity index (χ4n) is 3.37. The molecule has 8 heteroatoms. The Hall–Kier alpha value is -2.45. The molecule has 1 amide bonds. The van der Waals surface area contributed by atoms with Crippen LogP contribution in [0.5, 0.6) is 0 Å². The lowest BCUT2D eigenvalue weighted by Gasteiger charge is -2.26. The van der Waals surface area contributed by atoms with Gasteiger partial charge in [0.25, 0.3) is 5.91 Å². The zero-order chi connectivity index (χ0) is 20.5. The first-order chi connectivity index (χ1) is 14.7. The summed E-state index contributed by atoms with van der Waals surface area (Å²) in [5.74, 6) is -0.197. The molecule has 3 heterocycles. The molecule has 1 saturated heterocycles. The van der Waals surface area contributed by atoms with E-state index in [1.54, 1.807) is 11.3 Å². The number of nitrogens with zero attached hydrogens (tertiary/aromatic N) is 2. The van der Waals surface area contributed by atoms with Gasteiger partial charge in [-0.2, -0.15) is 0 Å². The number of benzene rings is 2. The van der Waals surface area contributed by atoms with Gasteiger partial charge in [-0.25, -0.2) is 4.98 Å². The second kappa shape index (κ2) is 8.35. The van der Waals surface area contributed by atoms with Gasteiger partial charge in [0.1, 0.15) is 4.88 Å². The number of carbonyl (C=O) groups excluding carboxylic acids is 1. The molecule has 152 valence electrons. The second-order valence-electron chi connectivity index (χ2n) is 6.89. The summed E-state index contributed by atoms with van der Waals surface area (Å²) < 4.78 is 6.41. The molecule has 4 aromatic rings. The molecular weight excluding hydrogens is 438 g/mol. The molecule has 0 radical (unpaired) electrons. The third-order valence-electron chi connectivity index (χ3n) is 4.95. The van der Waals surface area contributed by atoms with Gasteiger partial charge in [-0.1, -0.05) is 41.9 Å². The Morgan fingerprint density at radius 2 is 1.87 bits per heavy atom. The van der Waals surface area contributed by atoms with E-state index >= 15 is 0 Å². The normalized spacial score (nSPS) is 14.2. The summed E-state index contributed by atoms with van der Waals surface area (Å²) in [5, 5.41) is 7.44. The monoisotopic (exact) mass is 455 g/mol. The highest BCUT2D eigenvalue weighted by atomic mass is 35.5. The van der Waals surface area contributed by atoms with E-state index in [9.17, 15) is 4.79 Å². The molecule has 0 atom stereocenters. The number of rotatable bonds is 4. The number of morpholine rings is 1. The summed E-state index contributed by atoms with van der Waals surface area (Å²) >= 11 is 9.46. The van der Waals surface area contributed by atoms with Crippen molar-refractivity contribution in [2.75, 3.05) is 36.5 Å². The van der Waals surface area contributed by atoms with Gasteiger partial charge in [-0.3, -0.25) is 4.79 Å². The van der Waals surface area contributed by atoms with Crippen molar-refractivity contribution < 1.29 is 9.53 Å². The molecule has 1 aliphatic rings. The Balaban J connectivity index is 1.31. The van der Waals surface area contributed by atoms with Crippen LogP contribution >= 0.6 is 34.3 Å². The van der Waals surface area contributed by atoms with Crippen molar-refractivity contribution in [3.63, 3.8) is 0 Å². The van der Waals surface area contributed by atoms with Gasteiger partial charge in [0.05, 0.1) is 23.9 Å². The van der Waals surface area contributed by atoms with Crippen molar-refractivity contribution in [3.05, 3.63) is 63.8 Å². The largest absolute Gasteiger partial charge is 0.378 e. The average molecular weight is 456 g/mol. The molecule has 0 spiro atoms. The number of anilines is 2. The van der Waals surface area contributed by atoms with Crippen LogP contribution < -0.4 is 10.2 Å². The molecule has 2 aromatic heterocycles. The van der Waals surface area contributed by atoms with Gasteiger partial charge in [-0.05, 0) is 18.2 Å². The number of halogens is 1. The number of ether oxygens (including phenoxy) is 1. The molecule has 5 nitrogen and oxygen atoms in total. The minimum atomic E-state index is -0.197. The van der Waals surface area contributed by atoms with Gasteiger partial charge >= 0.3 is 0 Å². The molecule has 2 aromatic carbocycles. The third kappa shape index (κ3) is 3.81. The van der Waals surface area contributed by atoms with Crippen molar-refractivity contribution in [3.8, 4) is 11.3 Å². The number of thiophene rings is 1. The van der Waals surface area contributed by atoms with Crippen molar-refractivity contribution >= 4 is 61.1 Å². The minimum absolute atomic E-state index is 0.197. The Bertz CT molecular complexity index is 1200. The molecular formula is C22H18ClN3O2S2. The van der Waals surface area contributed by atoms with E-state index in [0.717, 1.165) is 58.5 Å². The van der Waals surface area contributed by atoms with Crippen LogP contribution in [-0.4, -0.2) is 37.2 Å². The topological polar surface area (TPSA) is 54.5 Å². The van der Waals surface area contributed by atoms with E-state index in [1.165, 1.54) is 11.3 Å². The number of hydrogen-bond acceptors (Lipinski definition) is 6. The first-order valence-electron chi connectivity index (χ1n) is 9.56. The van der Waals surface area contributed by atoms with E-state index in [-0.39, 0.29) is 5.91 Å². The summed E-state index contributed by atoms with van der Waals surface area (Å²) in [6, 6.07) is 15.5. The smallest absolute Gasteiger partial charge is 0.267 e. The highest BCUT2D eigenvalue weighted by Gasteiger charge is 2.18. The van der Waals surface area contributed by atoms with E-state index in [1.807, 2.05) is 48.5 Å². The second-order valence-corrected chi connectivity index (χ2v) is 9.15. The Labute approximate surface area is 186 Å². The van der Waals surface area contributed by atoms with Gasteiger partial charge < -0.3 is 15.0 Å². The SMILES string of the molecule is O=C(Nc1ccc(-c2csc(N3CCOCC3)n2)cc1)c1sc2ccccc2c1Cl. The fraction of sp³-hybridized carbons (Fsp3) is 0.182. The van der Waals surface area contributed by atoms with Gasteiger partial charge in [0.15, 0.2) is 5.13 Å². The van der Waals surface area contributed by atoms with Crippen molar-refractivity contribution in [1.29, 1.82) is 0 Å². The maximum absolute atomic E-state index is 12.7. The molecule has 1 fully saturated rings. The maximum atomic E-state index is 12.7. The molecule has 0 saturated carbocycles. The first kappa shape index (κ1) is 19.5. The molecule has 30 heavy (non-hydrogen) atoms. The van der Waals surface area contributed by atoms with Gasteiger partial charge in [0.2, 0.25) is 0 Å². The number of amides is 1. The van der Waals surface area contributed by atoms with Crippen LogP contribution in [0.3, 0.4) is 0 Å². The first-order valence-corrected chi connectivity index (χ1v) is 11.6. The van der Waals surface area contributed by atoms with Crippen LogP contribution in [0, 0.1) is 0 Å². The minimum Gasteiger partial charge on any atom is -0.378 e. The molecule has 1 aliphatic heterocycles. The summed E-state index contributed by atoms with van der Waals surface area (Å²) in [6.45, 7) is 3.23. The van der Waals surface area contributed by atoms with Crippen LogP contribution in [0.1, 0.15) is 9.67 Å². The number of nitrogens with one attached hydrogen (secondary N) is 1. The molecule has 0 bridgehead atoms. The van der Waals surface area contributed by atoms with Crippen molar-refractivity contribution in [2.45, 2.75) is 0 Å². The summed E-state index contributed by atoms with van der Waals surface area (Å²) in [4.78, 5) is 20.3. The number of hydrogen-bond donors (Lipinski definition) is 1. The maximum Gasteiger partial charge on any atom is 0.267 e. The van der Waals surface area contributed by atoms with Crippen LogP contribution in [0.2, 0.25) is 5.02 Å². The lowest BCUT2D eigenvalue weighted by Crippen LogP contribution is -2.36. The van der Waals surface area contributed by atoms with E-state index in [2.05, 4.69) is 15.6 Å². The predicted molar refractivity (Wildman–Crippen MR) is 125 cm³/mol. The van der Waals surface area contributed by atoms with E-state index < -0.39 is 0 Å². The van der Waals surface area contributed by atoms with Crippen LogP contribution in [-0.2, 0) is 4.74 Å². The molecule has 1 N–H and O–H groups in total. The highest BCUT2D eigenvalue weighted by molar-refractivity contribution is 7.21. The zero-order valence-corrected chi connectivity index (χ0v) is 18.3. The number of fused-ring (bicyclic) bond motifs is 1. The number of thiazole rings is 1. The Morgan fingerprint density at radius 3 is 2.63 bits per heavy atom. The third-order valence-corrected chi connectivity index (χ3v) is 7.53. The predicted octanol–water partition coefficient (Wildman–Crippen LogP) is 5.77. The zero-order valence-electron chi connectivity index (χ0n) is 15.9. The summed E-state index contributed by atoms with van der Waals surface area (Å²) in [6.07, 6.45) is 0.